The highest BCUT2D eigenvalue weighted by atomic mass is 32.2. The van der Waals surface area contributed by atoms with Gasteiger partial charge in [0.25, 0.3) is 5.92 Å². The molecule has 2 aromatic carbocycles. The molecule has 1 heterocycles. The average molecular weight is 469 g/mol. The van der Waals surface area contributed by atoms with Gasteiger partial charge in [0.1, 0.15) is 24.3 Å². The van der Waals surface area contributed by atoms with Crippen molar-refractivity contribution in [1.82, 2.24) is 9.62 Å². The summed E-state index contributed by atoms with van der Waals surface area (Å²) in [5.74, 6) is -5.13. The van der Waals surface area contributed by atoms with Gasteiger partial charge in [0.05, 0.1) is 12.6 Å². The zero-order valence-corrected chi connectivity index (χ0v) is 18.3. The van der Waals surface area contributed by atoms with E-state index in [4.69, 9.17) is 0 Å². The summed E-state index contributed by atoms with van der Waals surface area (Å²) >= 11 is -1.77. The summed E-state index contributed by atoms with van der Waals surface area (Å²) in [6.45, 7) is -0.876. The van der Waals surface area contributed by atoms with Gasteiger partial charge in [0.2, 0.25) is 5.91 Å². The van der Waals surface area contributed by atoms with E-state index in [2.05, 4.69) is 4.72 Å². The van der Waals surface area contributed by atoms with Crippen LogP contribution in [0.15, 0.2) is 48.5 Å². The van der Waals surface area contributed by atoms with Crippen LogP contribution in [0.5, 0.6) is 0 Å². The summed E-state index contributed by atoms with van der Waals surface area (Å²) in [5, 5.41) is 0. The van der Waals surface area contributed by atoms with Crippen molar-refractivity contribution in [1.29, 1.82) is 0 Å². The first-order valence-corrected chi connectivity index (χ1v) is 12.0. The van der Waals surface area contributed by atoms with E-state index < -0.39 is 59.7 Å². The minimum Gasteiger partial charge on any atom is -0.598 e. The number of benzene rings is 2. The van der Waals surface area contributed by atoms with Crippen LogP contribution in [-0.4, -0.2) is 52.3 Å². The Labute approximate surface area is 187 Å². The van der Waals surface area contributed by atoms with Gasteiger partial charge in [-0.25, -0.2) is 17.6 Å². The Kier molecular flexibility index (Phi) is 6.51. The van der Waals surface area contributed by atoms with Gasteiger partial charge in [-0.2, -0.15) is 0 Å². The molecule has 1 aliphatic carbocycles. The number of hydrogen-bond donors (Lipinski definition) is 1. The van der Waals surface area contributed by atoms with Gasteiger partial charge in [0, 0.05) is 22.8 Å². The normalized spacial score (nSPS) is 27.8. The molecule has 3 atom stereocenters. The highest BCUT2D eigenvalue weighted by Crippen LogP contribution is 2.40. The van der Waals surface area contributed by atoms with Gasteiger partial charge in [-0.15, -0.1) is 4.72 Å². The van der Waals surface area contributed by atoms with Crippen molar-refractivity contribution < 1.29 is 26.9 Å². The standard InChI is InChI=1S/C23H24F4N2O2S/c1-32(31)28-21-19(29(13-23(21,26)27)22(30)16-10-17(24)11-16)12-15-8-5-9-18(20(15)25)14-6-3-2-4-7-14/h2-9,16-17,19,21,28H,10-13H2,1H3/t16?,17?,19-,21+,32?/m0/s1. The van der Waals surface area contributed by atoms with E-state index in [1.807, 2.05) is 0 Å². The van der Waals surface area contributed by atoms with E-state index in [0.29, 0.717) is 11.1 Å². The summed E-state index contributed by atoms with van der Waals surface area (Å²) in [6, 6.07) is 10.8. The maximum absolute atomic E-state index is 15.4. The van der Waals surface area contributed by atoms with Gasteiger partial charge in [-0.1, -0.05) is 48.5 Å². The molecule has 0 radical (unpaired) electrons. The Morgan fingerprint density at radius 1 is 1.19 bits per heavy atom. The Balaban J connectivity index is 1.67. The number of hydrogen-bond acceptors (Lipinski definition) is 3. The van der Waals surface area contributed by atoms with Crippen molar-refractivity contribution in [2.75, 3.05) is 12.8 Å². The zero-order valence-electron chi connectivity index (χ0n) is 17.4. The fraction of sp³-hybridized carbons (Fsp3) is 0.435. The summed E-state index contributed by atoms with van der Waals surface area (Å²) in [4.78, 5) is 13.9. The Hall–Kier alpha value is -2.10. The molecule has 1 aliphatic heterocycles. The van der Waals surface area contributed by atoms with E-state index in [1.54, 1.807) is 42.5 Å². The molecule has 9 heteroatoms. The molecule has 1 saturated carbocycles. The largest absolute Gasteiger partial charge is 0.598 e. The second-order valence-electron chi connectivity index (χ2n) is 8.46. The van der Waals surface area contributed by atoms with Crippen LogP contribution in [0.3, 0.4) is 0 Å². The molecule has 0 aromatic heterocycles. The van der Waals surface area contributed by atoms with Gasteiger partial charge in [-0.05, 0) is 30.4 Å². The molecule has 1 unspecified atom stereocenters. The topological polar surface area (TPSA) is 55.4 Å². The van der Waals surface area contributed by atoms with Crippen LogP contribution in [0.1, 0.15) is 18.4 Å². The fourth-order valence-electron chi connectivity index (χ4n) is 4.51. The van der Waals surface area contributed by atoms with E-state index >= 15 is 4.39 Å². The monoisotopic (exact) mass is 468 g/mol. The summed E-state index contributed by atoms with van der Waals surface area (Å²) in [7, 11) is 0. The van der Waals surface area contributed by atoms with Gasteiger partial charge in [-0.3, -0.25) is 4.79 Å². The lowest BCUT2D eigenvalue weighted by atomic mass is 9.82. The first-order chi connectivity index (χ1) is 15.2. The summed E-state index contributed by atoms with van der Waals surface area (Å²) < 4.78 is 72.6. The van der Waals surface area contributed by atoms with Crippen LogP contribution < -0.4 is 4.72 Å². The minimum atomic E-state index is -3.36. The number of likely N-dealkylation sites (tertiary alicyclic amines) is 1. The Bertz CT molecular complexity index is 970. The van der Waals surface area contributed by atoms with E-state index in [1.165, 1.54) is 12.3 Å². The lowest BCUT2D eigenvalue weighted by molar-refractivity contribution is -0.142. The average Bonchev–Trinajstić information content (AvgIpc) is 2.97. The molecule has 1 N–H and O–H groups in total. The predicted octanol–water partition coefficient (Wildman–Crippen LogP) is 3.88. The first kappa shape index (κ1) is 23.1. The lowest BCUT2D eigenvalue weighted by Gasteiger charge is -2.35. The van der Waals surface area contributed by atoms with E-state index in [-0.39, 0.29) is 24.8 Å². The van der Waals surface area contributed by atoms with E-state index in [0.717, 1.165) is 4.90 Å². The highest BCUT2D eigenvalue weighted by Gasteiger charge is 2.58. The van der Waals surface area contributed by atoms with Crippen molar-refractivity contribution in [2.45, 2.75) is 43.4 Å². The number of carbonyl (C=O) groups is 1. The molecule has 0 bridgehead atoms. The second kappa shape index (κ2) is 9.03. The summed E-state index contributed by atoms with van der Waals surface area (Å²) in [5.41, 5.74) is 1.15. The maximum Gasteiger partial charge on any atom is 0.286 e. The van der Waals surface area contributed by atoms with Crippen LogP contribution in [0.2, 0.25) is 0 Å². The molecule has 2 aliphatic rings. The van der Waals surface area contributed by atoms with Crippen LogP contribution in [0, 0.1) is 11.7 Å². The number of carbonyl (C=O) groups excluding carboxylic acids is 1. The number of rotatable bonds is 6. The molecule has 1 amide bonds. The van der Waals surface area contributed by atoms with Gasteiger partial charge in [0.15, 0.2) is 0 Å². The van der Waals surface area contributed by atoms with Crippen molar-refractivity contribution in [2.24, 2.45) is 5.92 Å². The third-order valence-corrected chi connectivity index (χ3v) is 6.81. The van der Waals surface area contributed by atoms with Gasteiger partial charge < -0.3 is 9.45 Å². The zero-order chi connectivity index (χ0) is 23.0. The molecular weight excluding hydrogens is 444 g/mol. The van der Waals surface area contributed by atoms with Crippen LogP contribution in [0.4, 0.5) is 17.6 Å². The Morgan fingerprint density at radius 2 is 1.88 bits per heavy atom. The molecule has 1 saturated heterocycles. The molecule has 2 aromatic rings. The number of alkyl halides is 3. The molecule has 4 rings (SSSR count). The SMILES string of the molecule is C[S+]([O-])N[C@@H]1[C@H](Cc2cccc(-c3ccccc3)c2F)N(C(=O)C2CC(F)C2)CC1(F)F. The predicted molar refractivity (Wildman–Crippen MR) is 115 cm³/mol. The van der Waals surface area contributed by atoms with Crippen molar-refractivity contribution in [3.63, 3.8) is 0 Å². The number of amides is 1. The number of halogens is 4. The highest BCUT2D eigenvalue weighted by molar-refractivity contribution is 7.88. The lowest BCUT2D eigenvalue weighted by Crippen LogP contribution is -2.53. The molecule has 2 fully saturated rings. The first-order valence-electron chi connectivity index (χ1n) is 10.4. The van der Waals surface area contributed by atoms with Gasteiger partial charge >= 0.3 is 0 Å². The van der Waals surface area contributed by atoms with Crippen LogP contribution >= 0.6 is 0 Å². The fourth-order valence-corrected chi connectivity index (χ4v) is 5.19. The second-order valence-corrected chi connectivity index (χ2v) is 9.60. The quantitative estimate of drug-likeness (QED) is 0.517. The third-order valence-electron chi connectivity index (χ3n) is 6.22. The van der Waals surface area contributed by atoms with Crippen molar-refractivity contribution in [3.05, 3.63) is 59.9 Å². The molecule has 0 spiro atoms. The number of nitrogens with one attached hydrogen (secondary N) is 1. The third kappa shape index (κ3) is 4.51. The van der Waals surface area contributed by atoms with Crippen molar-refractivity contribution in [3.8, 4) is 11.1 Å². The smallest absolute Gasteiger partial charge is 0.286 e. The molecular formula is C23H24F4N2O2S. The Morgan fingerprint density at radius 3 is 2.50 bits per heavy atom. The van der Waals surface area contributed by atoms with Crippen molar-refractivity contribution >= 4 is 17.3 Å². The molecule has 32 heavy (non-hydrogen) atoms. The molecule has 4 nitrogen and oxygen atoms in total. The van der Waals surface area contributed by atoms with Crippen LogP contribution in [0.25, 0.3) is 11.1 Å². The minimum absolute atomic E-state index is 0.00326. The van der Waals surface area contributed by atoms with Crippen LogP contribution in [-0.2, 0) is 22.6 Å². The summed E-state index contributed by atoms with van der Waals surface area (Å²) in [6.07, 6.45) is -0.0582. The van der Waals surface area contributed by atoms with E-state index in [9.17, 15) is 22.5 Å². The molecule has 172 valence electrons. The number of nitrogens with zero attached hydrogens (tertiary/aromatic N) is 1. The maximum atomic E-state index is 15.4.